The van der Waals surface area contributed by atoms with Crippen molar-refractivity contribution in [3.05, 3.63) is 29.8 Å². The highest BCUT2D eigenvalue weighted by Crippen LogP contribution is 2.26. The molecule has 27 heavy (non-hydrogen) atoms. The summed E-state index contributed by atoms with van der Waals surface area (Å²) in [6, 6.07) is 7.79. The zero-order valence-electron chi connectivity index (χ0n) is 17.5. The highest BCUT2D eigenvalue weighted by molar-refractivity contribution is 5.85. The largest absolute Gasteiger partial charge is 0.508 e. The molecule has 1 saturated heterocycles. The molecule has 1 fully saturated rings. The van der Waals surface area contributed by atoms with Gasteiger partial charge < -0.3 is 9.84 Å². The smallest absolute Gasteiger partial charge is 0.152 e. The van der Waals surface area contributed by atoms with Crippen LogP contribution in [0, 0.1) is 5.41 Å². The number of aromatic hydroxyl groups is 1. The number of hydrogen-bond donors (Lipinski definition) is 1. The van der Waals surface area contributed by atoms with Crippen LogP contribution in [0.2, 0.25) is 0 Å². The molecule has 0 aromatic heterocycles. The Labute approximate surface area is 164 Å². The van der Waals surface area contributed by atoms with Crippen molar-refractivity contribution >= 4 is 5.78 Å². The number of rotatable bonds is 11. The number of Topliss-reactive ketones (excluding diaryl/α,β-unsaturated/α-hetero) is 1. The summed E-state index contributed by atoms with van der Waals surface area (Å²) in [5.41, 5.74) is 1.02. The molecular formula is C23H37NO3. The second-order valence-electron chi connectivity index (χ2n) is 8.54. The van der Waals surface area contributed by atoms with E-state index in [0.717, 1.165) is 51.7 Å². The van der Waals surface area contributed by atoms with Gasteiger partial charge in [0.25, 0.3) is 0 Å². The summed E-state index contributed by atoms with van der Waals surface area (Å²) in [5, 5.41) is 9.32. The van der Waals surface area contributed by atoms with Gasteiger partial charge in [0.1, 0.15) is 5.75 Å². The maximum atomic E-state index is 12.6. The molecule has 2 atom stereocenters. The van der Waals surface area contributed by atoms with Gasteiger partial charge in [0.05, 0.1) is 12.6 Å². The van der Waals surface area contributed by atoms with Gasteiger partial charge in [0.15, 0.2) is 5.78 Å². The van der Waals surface area contributed by atoms with Crippen molar-refractivity contribution in [2.75, 3.05) is 19.7 Å². The first-order valence-corrected chi connectivity index (χ1v) is 10.5. The van der Waals surface area contributed by atoms with E-state index in [4.69, 9.17) is 4.74 Å². The predicted octanol–water partition coefficient (Wildman–Crippen LogP) is 4.59. The fraction of sp³-hybridized carbons (Fsp3) is 0.696. The van der Waals surface area contributed by atoms with Crippen LogP contribution in [0.3, 0.4) is 0 Å². The minimum Gasteiger partial charge on any atom is -0.508 e. The van der Waals surface area contributed by atoms with Gasteiger partial charge in [-0.25, -0.2) is 0 Å². The molecule has 0 radical (unpaired) electrons. The van der Waals surface area contributed by atoms with E-state index in [1.165, 1.54) is 5.56 Å². The molecule has 1 aromatic carbocycles. The van der Waals surface area contributed by atoms with E-state index >= 15 is 0 Å². The second-order valence-corrected chi connectivity index (χ2v) is 8.54. The van der Waals surface area contributed by atoms with Crippen LogP contribution in [-0.2, 0) is 16.0 Å². The molecule has 1 aromatic rings. The molecule has 4 heteroatoms. The van der Waals surface area contributed by atoms with Crippen molar-refractivity contribution in [2.45, 2.75) is 78.4 Å². The number of aryl methyl sites for hydroxylation is 1. The minimum absolute atomic E-state index is 0.165. The van der Waals surface area contributed by atoms with Gasteiger partial charge in [-0.05, 0) is 69.7 Å². The summed E-state index contributed by atoms with van der Waals surface area (Å²) in [6.45, 7) is 10.7. The Morgan fingerprint density at radius 2 is 2.00 bits per heavy atom. The summed E-state index contributed by atoms with van der Waals surface area (Å²) >= 11 is 0. The van der Waals surface area contributed by atoms with Crippen molar-refractivity contribution in [2.24, 2.45) is 5.41 Å². The Morgan fingerprint density at radius 3 is 2.67 bits per heavy atom. The number of phenolic OH excluding ortho intramolecular Hbond substituents is 1. The van der Waals surface area contributed by atoms with E-state index in [0.29, 0.717) is 24.1 Å². The summed E-state index contributed by atoms with van der Waals surface area (Å²) < 4.78 is 6.11. The van der Waals surface area contributed by atoms with Crippen molar-refractivity contribution in [1.82, 2.24) is 4.90 Å². The number of hydrogen-bond acceptors (Lipinski definition) is 4. The Kier molecular flexibility index (Phi) is 8.30. The normalized spacial score (nSPS) is 19.3. The van der Waals surface area contributed by atoms with E-state index in [2.05, 4.69) is 32.6 Å². The van der Waals surface area contributed by atoms with Crippen molar-refractivity contribution in [1.29, 1.82) is 0 Å². The quantitative estimate of drug-likeness (QED) is 0.575. The Bertz CT molecular complexity index is 582. The number of carbonyl (C=O) groups is 1. The molecular weight excluding hydrogens is 338 g/mol. The zero-order chi connectivity index (χ0) is 19.9. The third kappa shape index (κ3) is 6.62. The minimum atomic E-state index is -0.231. The Balaban J connectivity index is 1.70. The summed E-state index contributed by atoms with van der Waals surface area (Å²) in [4.78, 5) is 14.9. The van der Waals surface area contributed by atoms with Crippen LogP contribution in [0.4, 0.5) is 0 Å². The van der Waals surface area contributed by atoms with Crippen LogP contribution < -0.4 is 0 Å². The molecule has 1 aliphatic rings. The predicted molar refractivity (Wildman–Crippen MR) is 110 cm³/mol. The molecule has 0 bridgehead atoms. The molecule has 152 valence electrons. The number of likely N-dealkylation sites (tertiary alicyclic amines) is 1. The zero-order valence-corrected chi connectivity index (χ0v) is 17.5. The monoisotopic (exact) mass is 375 g/mol. The van der Waals surface area contributed by atoms with E-state index in [9.17, 15) is 9.90 Å². The van der Waals surface area contributed by atoms with Gasteiger partial charge in [-0.2, -0.15) is 0 Å². The van der Waals surface area contributed by atoms with E-state index in [-0.39, 0.29) is 11.5 Å². The molecule has 1 N–H and O–H groups in total. The molecule has 1 unspecified atom stereocenters. The standard InChI is InChI=1S/C23H37NO3/c1-5-23(3,4)22(26)17-24-15-8-10-21(24)18(2)27-16-7-6-9-19-11-13-20(25)14-12-19/h11-14,18,21,25H,5-10,15-17H2,1-4H3/t18?,21-/m0/s1. The van der Waals surface area contributed by atoms with E-state index in [1.54, 1.807) is 12.1 Å². The van der Waals surface area contributed by atoms with Gasteiger partial charge in [-0.3, -0.25) is 9.69 Å². The molecule has 2 rings (SSSR count). The number of benzene rings is 1. The van der Waals surface area contributed by atoms with E-state index < -0.39 is 0 Å². The molecule has 4 nitrogen and oxygen atoms in total. The number of phenols is 1. The van der Waals surface area contributed by atoms with Crippen LogP contribution in [0.15, 0.2) is 24.3 Å². The number of ether oxygens (including phenoxy) is 1. The highest BCUT2D eigenvalue weighted by atomic mass is 16.5. The number of unbranched alkanes of at least 4 members (excludes halogenated alkanes) is 1. The van der Waals surface area contributed by atoms with Crippen LogP contribution >= 0.6 is 0 Å². The SMILES string of the molecule is CCC(C)(C)C(=O)CN1CCC[C@H]1C(C)OCCCCc1ccc(O)cc1. The van der Waals surface area contributed by atoms with Crippen molar-refractivity contribution in [3.63, 3.8) is 0 Å². The highest BCUT2D eigenvalue weighted by Gasteiger charge is 2.34. The number of carbonyl (C=O) groups excluding carboxylic acids is 1. The Hall–Kier alpha value is -1.39. The van der Waals surface area contributed by atoms with Crippen LogP contribution in [0.25, 0.3) is 0 Å². The van der Waals surface area contributed by atoms with Crippen LogP contribution in [-0.4, -0.2) is 47.6 Å². The maximum absolute atomic E-state index is 12.6. The van der Waals surface area contributed by atoms with E-state index in [1.807, 2.05) is 12.1 Å². The van der Waals surface area contributed by atoms with Gasteiger partial charge >= 0.3 is 0 Å². The average molecular weight is 376 g/mol. The second kappa shape index (κ2) is 10.2. The first-order valence-electron chi connectivity index (χ1n) is 10.5. The van der Waals surface area contributed by atoms with Crippen LogP contribution in [0.1, 0.15) is 65.4 Å². The number of nitrogens with zero attached hydrogens (tertiary/aromatic N) is 1. The first kappa shape index (κ1) is 21.9. The fourth-order valence-electron chi connectivity index (χ4n) is 3.65. The summed E-state index contributed by atoms with van der Waals surface area (Å²) in [6.07, 6.45) is 6.44. The van der Waals surface area contributed by atoms with Crippen LogP contribution in [0.5, 0.6) is 5.75 Å². The first-order chi connectivity index (χ1) is 12.8. The lowest BCUT2D eigenvalue weighted by Gasteiger charge is -2.31. The molecule has 0 amide bonds. The molecule has 1 aliphatic heterocycles. The van der Waals surface area contributed by atoms with Gasteiger partial charge in [-0.1, -0.05) is 32.9 Å². The van der Waals surface area contributed by atoms with Crippen molar-refractivity contribution < 1.29 is 14.6 Å². The lowest BCUT2D eigenvalue weighted by atomic mass is 9.85. The molecule has 0 saturated carbocycles. The van der Waals surface area contributed by atoms with Gasteiger partial charge in [-0.15, -0.1) is 0 Å². The topological polar surface area (TPSA) is 49.8 Å². The average Bonchev–Trinajstić information content (AvgIpc) is 3.11. The molecule has 0 aliphatic carbocycles. The summed E-state index contributed by atoms with van der Waals surface area (Å²) in [7, 11) is 0. The lowest BCUT2D eigenvalue weighted by molar-refractivity contribution is -0.129. The Morgan fingerprint density at radius 1 is 1.30 bits per heavy atom. The third-order valence-electron chi connectivity index (χ3n) is 6.12. The molecule has 0 spiro atoms. The van der Waals surface area contributed by atoms with Gasteiger partial charge in [0.2, 0.25) is 0 Å². The fourth-order valence-corrected chi connectivity index (χ4v) is 3.65. The van der Waals surface area contributed by atoms with Crippen molar-refractivity contribution in [3.8, 4) is 5.75 Å². The third-order valence-corrected chi connectivity index (χ3v) is 6.12. The molecule has 1 heterocycles. The van der Waals surface area contributed by atoms with Gasteiger partial charge in [0, 0.05) is 18.1 Å². The summed E-state index contributed by atoms with van der Waals surface area (Å²) in [5.74, 6) is 0.663. The maximum Gasteiger partial charge on any atom is 0.152 e. The lowest BCUT2D eigenvalue weighted by Crippen LogP contribution is -2.44. The number of ketones is 1.